The maximum Gasteiger partial charge on any atom is 0.259 e. The number of nitrogens with one attached hydrogen (secondary N) is 1. The summed E-state index contributed by atoms with van der Waals surface area (Å²) < 4.78 is 0. The zero-order valence-corrected chi connectivity index (χ0v) is 16.6. The molecule has 144 valence electrons. The van der Waals surface area contributed by atoms with Crippen LogP contribution in [-0.2, 0) is 6.54 Å². The molecule has 0 aromatic heterocycles. The first-order valence-electron chi connectivity index (χ1n) is 9.76. The number of carbonyl (C=O) groups excluding carboxylic acids is 2. The van der Waals surface area contributed by atoms with E-state index in [4.69, 9.17) is 0 Å². The minimum absolute atomic E-state index is 0.0459. The van der Waals surface area contributed by atoms with Crippen molar-refractivity contribution in [1.82, 2.24) is 5.32 Å². The lowest BCUT2D eigenvalue weighted by atomic mass is 10.1. The minimum atomic E-state index is -0.0748. The lowest BCUT2D eigenvalue weighted by Crippen LogP contribution is -2.31. The van der Waals surface area contributed by atoms with Crippen molar-refractivity contribution in [3.8, 4) is 0 Å². The van der Waals surface area contributed by atoms with E-state index in [1.54, 1.807) is 16.7 Å². The first kappa shape index (κ1) is 18.0. The Morgan fingerprint density at radius 2 is 1.72 bits per heavy atom. The highest BCUT2D eigenvalue weighted by Crippen LogP contribution is 2.42. The second-order valence-electron chi connectivity index (χ2n) is 7.41. The van der Waals surface area contributed by atoms with E-state index in [0.29, 0.717) is 23.7 Å². The second kappa shape index (κ2) is 7.41. The predicted octanol–water partition coefficient (Wildman–Crippen LogP) is 4.89. The summed E-state index contributed by atoms with van der Waals surface area (Å²) in [4.78, 5) is 29.8. The van der Waals surface area contributed by atoms with Gasteiger partial charge in [0.05, 0.1) is 17.8 Å². The summed E-state index contributed by atoms with van der Waals surface area (Å²) in [7, 11) is 0. The summed E-state index contributed by atoms with van der Waals surface area (Å²) in [5.41, 5.74) is 3.11. The lowest BCUT2D eigenvalue weighted by molar-refractivity contribution is 0.0947. The number of amides is 2. The van der Waals surface area contributed by atoms with E-state index in [9.17, 15) is 9.59 Å². The Morgan fingerprint density at radius 1 is 0.966 bits per heavy atom. The Bertz CT molecular complexity index is 1090. The van der Waals surface area contributed by atoms with Gasteiger partial charge in [-0.25, -0.2) is 0 Å². The van der Waals surface area contributed by atoms with Crippen molar-refractivity contribution in [2.75, 3.05) is 4.90 Å². The van der Waals surface area contributed by atoms with Gasteiger partial charge in [-0.15, -0.1) is 0 Å². The molecule has 0 bridgehead atoms. The summed E-state index contributed by atoms with van der Waals surface area (Å²) in [6.07, 6.45) is 2.08. The van der Waals surface area contributed by atoms with Crippen molar-refractivity contribution in [3.05, 3.63) is 89.5 Å². The summed E-state index contributed by atoms with van der Waals surface area (Å²) in [5, 5.41) is 3.04. The van der Waals surface area contributed by atoms with Gasteiger partial charge in [-0.1, -0.05) is 54.2 Å². The van der Waals surface area contributed by atoms with Crippen LogP contribution in [0, 0.1) is 0 Å². The van der Waals surface area contributed by atoms with Crippen LogP contribution in [0.15, 0.2) is 82.6 Å². The number of benzene rings is 3. The summed E-state index contributed by atoms with van der Waals surface area (Å²) >= 11 is 1.57. The lowest BCUT2D eigenvalue weighted by Gasteiger charge is -2.24. The Labute approximate surface area is 173 Å². The van der Waals surface area contributed by atoms with Crippen LogP contribution in [0.25, 0.3) is 0 Å². The molecule has 1 aliphatic carbocycles. The van der Waals surface area contributed by atoms with E-state index < -0.39 is 0 Å². The minimum Gasteiger partial charge on any atom is -0.349 e. The van der Waals surface area contributed by atoms with Crippen molar-refractivity contribution >= 4 is 29.3 Å². The third-order valence-corrected chi connectivity index (χ3v) is 6.33. The molecule has 1 aliphatic heterocycles. The molecule has 2 aliphatic rings. The van der Waals surface area contributed by atoms with Crippen LogP contribution in [-0.4, -0.2) is 17.9 Å². The van der Waals surface area contributed by atoms with Crippen molar-refractivity contribution in [1.29, 1.82) is 0 Å². The first-order valence-corrected chi connectivity index (χ1v) is 10.6. The van der Waals surface area contributed by atoms with Gasteiger partial charge < -0.3 is 10.2 Å². The number of carbonyl (C=O) groups is 2. The zero-order chi connectivity index (χ0) is 19.8. The number of hydrogen-bond acceptors (Lipinski definition) is 3. The molecule has 0 radical (unpaired) electrons. The van der Waals surface area contributed by atoms with Crippen molar-refractivity contribution < 1.29 is 9.59 Å². The molecule has 2 amide bonds. The highest BCUT2D eigenvalue weighted by Gasteiger charge is 2.29. The maximum atomic E-state index is 13.5. The quantitative estimate of drug-likeness (QED) is 0.678. The number of fused-ring (bicyclic) bond motifs is 2. The molecular formula is C24H20N2O2S. The largest absolute Gasteiger partial charge is 0.349 e. The van der Waals surface area contributed by atoms with E-state index in [0.717, 1.165) is 33.9 Å². The molecule has 5 rings (SSSR count). The van der Waals surface area contributed by atoms with Gasteiger partial charge in [0.25, 0.3) is 11.8 Å². The van der Waals surface area contributed by atoms with Crippen LogP contribution >= 0.6 is 11.8 Å². The van der Waals surface area contributed by atoms with E-state index in [-0.39, 0.29) is 11.8 Å². The van der Waals surface area contributed by atoms with Crippen LogP contribution in [0.5, 0.6) is 0 Å². The molecule has 1 heterocycles. The first-order chi connectivity index (χ1) is 14.2. The maximum absolute atomic E-state index is 13.5. The Morgan fingerprint density at radius 3 is 2.52 bits per heavy atom. The fraction of sp³-hybridized carbons (Fsp3) is 0.167. The number of anilines is 1. The smallest absolute Gasteiger partial charge is 0.259 e. The van der Waals surface area contributed by atoms with E-state index in [1.807, 2.05) is 72.8 Å². The average molecular weight is 401 g/mol. The van der Waals surface area contributed by atoms with Gasteiger partial charge in [-0.05, 0) is 48.7 Å². The van der Waals surface area contributed by atoms with Crippen LogP contribution in [0.3, 0.4) is 0 Å². The Kier molecular flexibility index (Phi) is 4.60. The van der Waals surface area contributed by atoms with Gasteiger partial charge >= 0.3 is 0 Å². The monoisotopic (exact) mass is 400 g/mol. The van der Waals surface area contributed by atoms with E-state index in [1.165, 1.54) is 0 Å². The molecule has 1 saturated carbocycles. The number of rotatable bonds is 4. The van der Waals surface area contributed by atoms with Crippen LogP contribution in [0.4, 0.5) is 5.69 Å². The van der Waals surface area contributed by atoms with Crippen molar-refractivity contribution in [2.24, 2.45) is 0 Å². The van der Waals surface area contributed by atoms with Gasteiger partial charge in [0, 0.05) is 21.4 Å². The Balaban J connectivity index is 1.59. The zero-order valence-electron chi connectivity index (χ0n) is 15.8. The third-order valence-electron chi connectivity index (χ3n) is 5.19. The topological polar surface area (TPSA) is 49.4 Å². The number of nitrogens with zero attached hydrogens (tertiary/aromatic N) is 1. The van der Waals surface area contributed by atoms with E-state index >= 15 is 0 Å². The molecule has 0 atom stereocenters. The molecule has 29 heavy (non-hydrogen) atoms. The van der Waals surface area contributed by atoms with Crippen LogP contribution in [0.1, 0.15) is 39.1 Å². The molecule has 0 saturated heterocycles. The standard InChI is InChI=1S/C24H20N2O2S/c27-23(25-18-11-12-18)17-10-13-22-20(14-17)26(15-16-6-2-1-3-7-16)24(28)19-8-4-5-9-21(19)29-22/h1-10,13-14,18H,11-12,15H2,(H,25,27). The second-order valence-corrected chi connectivity index (χ2v) is 8.49. The Hall–Kier alpha value is -3.05. The van der Waals surface area contributed by atoms with Gasteiger partial charge in [-0.2, -0.15) is 0 Å². The van der Waals surface area contributed by atoms with Crippen LogP contribution in [0.2, 0.25) is 0 Å². The summed E-state index contributed by atoms with van der Waals surface area (Å²) in [5.74, 6) is -0.121. The van der Waals surface area contributed by atoms with E-state index in [2.05, 4.69) is 5.32 Å². The normalized spacial score (nSPS) is 15.3. The molecule has 4 nitrogen and oxygen atoms in total. The van der Waals surface area contributed by atoms with Gasteiger partial charge in [0.1, 0.15) is 0 Å². The van der Waals surface area contributed by atoms with Gasteiger partial charge in [0.2, 0.25) is 0 Å². The van der Waals surface area contributed by atoms with Crippen molar-refractivity contribution in [3.63, 3.8) is 0 Å². The molecule has 0 spiro atoms. The number of hydrogen-bond donors (Lipinski definition) is 1. The third kappa shape index (κ3) is 3.66. The molecule has 1 N–H and O–H groups in total. The van der Waals surface area contributed by atoms with Gasteiger partial charge in [-0.3, -0.25) is 9.59 Å². The average Bonchev–Trinajstić information content (AvgIpc) is 3.57. The van der Waals surface area contributed by atoms with Crippen molar-refractivity contribution in [2.45, 2.75) is 35.2 Å². The summed E-state index contributed by atoms with van der Waals surface area (Å²) in [6.45, 7) is 0.454. The van der Waals surface area contributed by atoms with Crippen LogP contribution < -0.4 is 10.2 Å². The summed E-state index contributed by atoms with van der Waals surface area (Å²) in [6, 6.07) is 23.6. The highest BCUT2D eigenvalue weighted by molar-refractivity contribution is 7.99. The SMILES string of the molecule is O=C(NC1CC1)c1ccc2c(c1)N(Cc1ccccc1)C(=O)c1ccccc1S2. The van der Waals surface area contributed by atoms with Gasteiger partial charge in [0.15, 0.2) is 0 Å². The molecular weight excluding hydrogens is 380 g/mol. The molecule has 0 unspecified atom stereocenters. The fourth-order valence-corrected chi connectivity index (χ4v) is 4.54. The highest BCUT2D eigenvalue weighted by atomic mass is 32.2. The fourth-order valence-electron chi connectivity index (χ4n) is 3.48. The molecule has 5 heteroatoms. The molecule has 3 aromatic carbocycles. The predicted molar refractivity (Wildman–Crippen MR) is 114 cm³/mol. The molecule has 3 aromatic rings. The molecule has 1 fully saturated rings.